The van der Waals surface area contributed by atoms with Gasteiger partial charge in [0, 0.05) is 25.2 Å². The topological polar surface area (TPSA) is 95.0 Å². The summed E-state index contributed by atoms with van der Waals surface area (Å²) >= 11 is 0. The highest BCUT2D eigenvalue weighted by molar-refractivity contribution is 5.94. The molecule has 0 aliphatic rings. The number of aliphatic imine (C=N–C) groups is 1. The molecule has 0 heterocycles. The molecule has 2 aromatic carbocycles. The third-order valence-electron chi connectivity index (χ3n) is 4.14. The predicted molar refractivity (Wildman–Crippen MR) is 120 cm³/mol. The number of aliphatic hydroxyl groups excluding tert-OH is 1. The standard InChI is InChI=1S/C23H32N4O3/c1-4-24-23(26-15-14-25-22(29)19-8-6-5-7-9-19)27-16-21(28)18-10-12-20(13-11-18)30-17(2)3/h5-13,17,21,28H,4,14-16H2,1-3H3,(H,25,29)(H2,24,26,27). The molecular weight excluding hydrogens is 380 g/mol. The van der Waals surface area contributed by atoms with Gasteiger partial charge in [-0.15, -0.1) is 0 Å². The van der Waals surface area contributed by atoms with Gasteiger partial charge in [0.15, 0.2) is 5.96 Å². The Balaban J connectivity index is 1.80. The van der Waals surface area contributed by atoms with E-state index in [1.807, 2.05) is 63.2 Å². The lowest BCUT2D eigenvalue weighted by Gasteiger charge is -2.14. The fraction of sp³-hybridized carbons (Fsp3) is 0.391. The van der Waals surface area contributed by atoms with Crippen molar-refractivity contribution in [1.82, 2.24) is 16.0 Å². The number of hydrogen-bond donors (Lipinski definition) is 4. The molecule has 0 saturated carbocycles. The predicted octanol–water partition coefficient (Wildman–Crippen LogP) is 2.49. The number of rotatable bonds is 10. The number of hydrogen-bond acceptors (Lipinski definition) is 4. The summed E-state index contributed by atoms with van der Waals surface area (Å²) in [5, 5.41) is 19.6. The van der Waals surface area contributed by atoms with Crippen LogP contribution in [0.5, 0.6) is 5.75 Å². The maximum atomic E-state index is 12.0. The number of aliphatic hydroxyl groups is 1. The number of amides is 1. The molecule has 0 fully saturated rings. The Morgan fingerprint density at radius 2 is 1.67 bits per heavy atom. The molecule has 0 radical (unpaired) electrons. The van der Waals surface area contributed by atoms with Crippen LogP contribution in [-0.2, 0) is 0 Å². The number of benzene rings is 2. The lowest BCUT2D eigenvalue weighted by molar-refractivity contribution is 0.0954. The second kappa shape index (κ2) is 12.5. The van der Waals surface area contributed by atoms with Crippen molar-refractivity contribution in [3.8, 4) is 5.75 Å². The first-order chi connectivity index (χ1) is 14.5. The van der Waals surface area contributed by atoms with Gasteiger partial charge in [-0.05, 0) is 50.6 Å². The second-order valence-corrected chi connectivity index (χ2v) is 7.02. The van der Waals surface area contributed by atoms with Crippen LogP contribution >= 0.6 is 0 Å². The van der Waals surface area contributed by atoms with Crippen molar-refractivity contribution in [2.75, 3.05) is 26.2 Å². The zero-order chi connectivity index (χ0) is 21.8. The Hall–Kier alpha value is -3.06. The summed E-state index contributed by atoms with van der Waals surface area (Å²) in [6.07, 6.45) is -0.608. The smallest absolute Gasteiger partial charge is 0.251 e. The highest BCUT2D eigenvalue weighted by Crippen LogP contribution is 2.19. The van der Waals surface area contributed by atoms with Crippen LogP contribution in [0, 0.1) is 0 Å². The summed E-state index contributed by atoms with van der Waals surface area (Å²) in [6, 6.07) is 16.5. The van der Waals surface area contributed by atoms with Crippen molar-refractivity contribution in [3.05, 3.63) is 65.7 Å². The van der Waals surface area contributed by atoms with Crippen LogP contribution < -0.4 is 20.7 Å². The molecule has 1 amide bonds. The first-order valence-electron chi connectivity index (χ1n) is 10.3. The molecule has 0 saturated heterocycles. The lowest BCUT2D eigenvalue weighted by atomic mass is 10.1. The highest BCUT2D eigenvalue weighted by Gasteiger charge is 2.09. The number of ether oxygens (including phenoxy) is 1. The van der Waals surface area contributed by atoms with Crippen molar-refractivity contribution in [3.63, 3.8) is 0 Å². The van der Waals surface area contributed by atoms with Gasteiger partial charge in [-0.3, -0.25) is 9.79 Å². The van der Waals surface area contributed by atoms with Crippen LogP contribution in [0.1, 0.15) is 42.8 Å². The van der Waals surface area contributed by atoms with E-state index < -0.39 is 6.10 Å². The Kier molecular flexibility index (Phi) is 9.67. The van der Waals surface area contributed by atoms with Crippen LogP contribution in [0.15, 0.2) is 59.6 Å². The van der Waals surface area contributed by atoms with E-state index in [1.54, 1.807) is 12.1 Å². The van der Waals surface area contributed by atoms with Crippen LogP contribution in [0.2, 0.25) is 0 Å². The van der Waals surface area contributed by atoms with E-state index in [2.05, 4.69) is 20.9 Å². The van der Waals surface area contributed by atoms with Gasteiger partial charge in [0.2, 0.25) is 0 Å². The highest BCUT2D eigenvalue weighted by atomic mass is 16.5. The average Bonchev–Trinajstić information content (AvgIpc) is 2.75. The third-order valence-corrected chi connectivity index (χ3v) is 4.14. The fourth-order valence-electron chi connectivity index (χ4n) is 2.71. The molecule has 0 spiro atoms. The summed E-state index contributed by atoms with van der Waals surface area (Å²) in [4.78, 5) is 16.5. The van der Waals surface area contributed by atoms with Gasteiger partial charge in [0.05, 0.1) is 18.8 Å². The number of carbonyl (C=O) groups excluding carboxylic acids is 1. The van der Waals surface area contributed by atoms with Crippen LogP contribution in [-0.4, -0.2) is 49.3 Å². The first kappa shape index (κ1) is 23.2. The van der Waals surface area contributed by atoms with E-state index in [9.17, 15) is 9.90 Å². The summed E-state index contributed by atoms with van der Waals surface area (Å²) in [5.41, 5.74) is 1.41. The van der Waals surface area contributed by atoms with E-state index in [-0.39, 0.29) is 18.6 Å². The summed E-state index contributed by atoms with van der Waals surface area (Å²) in [6.45, 7) is 7.80. The van der Waals surface area contributed by atoms with Gasteiger partial charge < -0.3 is 25.8 Å². The maximum absolute atomic E-state index is 12.0. The quantitative estimate of drug-likeness (QED) is 0.273. The number of nitrogens with zero attached hydrogens (tertiary/aromatic N) is 1. The number of nitrogens with one attached hydrogen (secondary N) is 3. The first-order valence-corrected chi connectivity index (χ1v) is 10.3. The van der Waals surface area contributed by atoms with Crippen molar-refractivity contribution < 1.29 is 14.6 Å². The van der Waals surface area contributed by atoms with Crippen LogP contribution in [0.3, 0.4) is 0 Å². The molecule has 2 rings (SSSR count). The van der Waals surface area contributed by atoms with E-state index in [1.165, 1.54) is 0 Å². The summed E-state index contributed by atoms with van der Waals surface area (Å²) < 4.78 is 5.62. The number of guanidine groups is 1. The molecule has 162 valence electrons. The van der Waals surface area contributed by atoms with Gasteiger partial charge in [0.1, 0.15) is 5.75 Å². The maximum Gasteiger partial charge on any atom is 0.251 e. The fourth-order valence-corrected chi connectivity index (χ4v) is 2.71. The normalized spacial score (nSPS) is 12.4. The zero-order valence-electron chi connectivity index (χ0n) is 17.9. The van der Waals surface area contributed by atoms with Crippen molar-refractivity contribution in [2.24, 2.45) is 4.99 Å². The number of carbonyl (C=O) groups is 1. The minimum Gasteiger partial charge on any atom is -0.491 e. The molecular formula is C23H32N4O3. The van der Waals surface area contributed by atoms with Crippen molar-refractivity contribution >= 4 is 11.9 Å². The minimum absolute atomic E-state index is 0.108. The van der Waals surface area contributed by atoms with Gasteiger partial charge in [-0.2, -0.15) is 0 Å². The van der Waals surface area contributed by atoms with Gasteiger partial charge in [0.25, 0.3) is 5.91 Å². The molecule has 1 unspecified atom stereocenters. The van der Waals surface area contributed by atoms with Crippen molar-refractivity contribution in [1.29, 1.82) is 0 Å². The monoisotopic (exact) mass is 412 g/mol. The Morgan fingerprint density at radius 3 is 2.30 bits per heavy atom. The minimum atomic E-state index is -0.716. The molecule has 7 nitrogen and oxygen atoms in total. The van der Waals surface area contributed by atoms with Gasteiger partial charge in [-0.1, -0.05) is 30.3 Å². The summed E-state index contributed by atoms with van der Waals surface area (Å²) in [5.74, 6) is 1.25. The molecule has 2 aromatic rings. The Labute approximate surface area is 178 Å². The lowest BCUT2D eigenvalue weighted by Crippen LogP contribution is -2.41. The molecule has 7 heteroatoms. The third kappa shape index (κ3) is 8.13. The molecule has 30 heavy (non-hydrogen) atoms. The van der Waals surface area contributed by atoms with Gasteiger partial charge >= 0.3 is 0 Å². The van der Waals surface area contributed by atoms with E-state index in [4.69, 9.17) is 4.74 Å². The molecule has 0 aliphatic carbocycles. The molecule has 0 aromatic heterocycles. The van der Waals surface area contributed by atoms with E-state index in [0.717, 1.165) is 11.3 Å². The Bertz CT molecular complexity index is 792. The largest absolute Gasteiger partial charge is 0.491 e. The second-order valence-electron chi connectivity index (χ2n) is 7.02. The van der Waals surface area contributed by atoms with E-state index >= 15 is 0 Å². The Morgan fingerprint density at radius 1 is 1.00 bits per heavy atom. The van der Waals surface area contributed by atoms with Crippen LogP contribution in [0.25, 0.3) is 0 Å². The molecule has 0 aliphatic heterocycles. The molecule has 4 N–H and O–H groups in total. The van der Waals surface area contributed by atoms with E-state index in [0.29, 0.717) is 31.2 Å². The average molecular weight is 413 g/mol. The van der Waals surface area contributed by atoms with Crippen molar-refractivity contribution in [2.45, 2.75) is 33.0 Å². The summed E-state index contributed by atoms with van der Waals surface area (Å²) in [7, 11) is 0. The zero-order valence-corrected chi connectivity index (χ0v) is 17.9. The molecule has 0 bridgehead atoms. The SMILES string of the molecule is CCNC(=NCC(O)c1ccc(OC(C)C)cc1)NCCNC(=O)c1ccccc1. The molecule has 1 atom stereocenters. The van der Waals surface area contributed by atoms with Gasteiger partial charge in [-0.25, -0.2) is 0 Å². The van der Waals surface area contributed by atoms with Crippen LogP contribution in [0.4, 0.5) is 0 Å².